The van der Waals surface area contributed by atoms with Crippen molar-refractivity contribution in [3.05, 3.63) is 42.3 Å². The van der Waals surface area contributed by atoms with Gasteiger partial charge in [-0.15, -0.1) is 0 Å². The zero-order valence-electron chi connectivity index (χ0n) is 18.1. The van der Waals surface area contributed by atoms with Gasteiger partial charge in [-0.05, 0) is 49.1 Å². The molecule has 4 aromatic rings. The van der Waals surface area contributed by atoms with Gasteiger partial charge in [0.2, 0.25) is 21.7 Å². The van der Waals surface area contributed by atoms with Crippen molar-refractivity contribution in [3.8, 4) is 11.4 Å². The van der Waals surface area contributed by atoms with E-state index in [1.54, 1.807) is 26.0 Å². The highest BCUT2D eigenvalue weighted by Gasteiger charge is 2.29. The van der Waals surface area contributed by atoms with E-state index in [-0.39, 0.29) is 4.90 Å². The van der Waals surface area contributed by atoms with Gasteiger partial charge in [-0.2, -0.15) is 9.71 Å². The van der Waals surface area contributed by atoms with Crippen LogP contribution < -0.4 is 4.72 Å². The predicted octanol–water partition coefficient (Wildman–Crippen LogP) is 4.29. The molecule has 0 saturated heterocycles. The molecule has 9 nitrogen and oxygen atoms in total. The number of furan rings is 1. The number of aromatic nitrogens is 2. The maximum absolute atomic E-state index is 12.8. The lowest BCUT2D eigenvalue weighted by atomic mass is 9.85. The minimum Gasteiger partial charge on any atom is -0.480 e. The number of rotatable bonds is 7. The number of aliphatic carboxylic acids is 1. The lowest BCUT2D eigenvalue weighted by Crippen LogP contribution is -2.44. The van der Waals surface area contributed by atoms with Crippen LogP contribution in [0, 0.1) is 5.92 Å². The molecule has 0 aliphatic heterocycles. The van der Waals surface area contributed by atoms with Gasteiger partial charge in [-0.1, -0.05) is 25.4 Å². The first-order valence-corrected chi connectivity index (χ1v) is 12.3. The van der Waals surface area contributed by atoms with Gasteiger partial charge in [0.25, 0.3) is 0 Å². The second kappa shape index (κ2) is 7.96. The minimum atomic E-state index is -4.06. The van der Waals surface area contributed by atoms with E-state index in [0.717, 1.165) is 29.2 Å². The SMILES string of the molecule is CC(C)[C@H](NS(=O)(=O)c1ccc2c(c1)oc1ccc(-c3noc(C4CCC4)n3)cc12)C(=O)O. The Labute approximate surface area is 189 Å². The number of carbonyl (C=O) groups is 1. The largest absolute Gasteiger partial charge is 0.480 e. The molecule has 0 radical (unpaired) electrons. The zero-order valence-corrected chi connectivity index (χ0v) is 18.9. The first kappa shape index (κ1) is 21.6. The van der Waals surface area contributed by atoms with E-state index in [1.165, 1.54) is 18.6 Å². The summed E-state index contributed by atoms with van der Waals surface area (Å²) in [4.78, 5) is 15.9. The number of carboxylic acids is 1. The van der Waals surface area contributed by atoms with Crippen LogP contribution in [-0.4, -0.2) is 35.7 Å². The first-order chi connectivity index (χ1) is 15.7. The normalized spacial score (nSPS) is 15.8. The molecular weight excluding hydrogens is 446 g/mol. The molecule has 2 N–H and O–H groups in total. The summed E-state index contributed by atoms with van der Waals surface area (Å²) in [5.74, 6) is -0.134. The van der Waals surface area contributed by atoms with Crippen molar-refractivity contribution in [3.63, 3.8) is 0 Å². The number of benzene rings is 2. The Morgan fingerprint density at radius 2 is 1.91 bits per heavy atom. The lowest BCUT2D eigenvalue weighted by molar-refractivity contribution is -0.140. The van der Waals surface area contributed by atoms with E-state index < -0.39 is 28.0 Å². The third-order valence-electron chi connectivity index (χ3n) is 6.12. The second-order valence-electron chi connectivity index (χ2n) is 8.74. The van der Waals surface area contributed by atoms with Crippen LogP contribution in [0.3, 0.4) is 0 Å². The molecule has 5 rings (SSSR count). The maximum Gasteiger partial charge on any atom is 0.322 e. The molecule has 1 aliphatic carbocycles. The van der Waals surface area contributed by atoms with Crippen LogP contribution in [0.2, 0.25) is 0 Å². The Kier molecular flexibility index (Phi) is 5.21. The molecule has 1 atom stereocenters. The number of hydrogen-bond donors (Lipinski definition) is 2. The molecule has 1 fully saturated rings. The van der Waals surface area contributed by atoms with Gasteiger partial charge in [0.05, 0.1) is 4.90 Å². The van der Waals surface area contributed by atoms with Crippen molar-refractivity contribution in [2.75, 3.05) is 0 Å². The van der Waals surface area contributed by atoms with E-state index in [2.05, 4.69) is 14.9 Å². The van der Waals surface area contributed by atoms with Gasteiger partial charge >= 0.3 is 5.97 Å². The van der Waals surface area contributed by atoms with Crippen molar-refractivity contribution in [2.24, 2.45) is 5.92 Å². The Balaban J connectivity index is 1.50. The standard InChI is InChI=1S/C23H23N3O6S/c1-12(2)20(23(27)28)26-33(29,30)15-7-8-16-17-10-14(6-9-18(17)31-19(16)11-15)21-24-22(32-25-21)13-4-3-5-13/h6-13,20,26H,3-5H2,1-2H3,(H,27,28)/t20-/m0/s1. The third-order valence-corrected chi connectivity index (χ3v) is 7.56. The smallest absolute Gasteiger partial charge is 0.322 e. The molecule has 2 heterocycles. The Morgan fingerprint density at radius 1 is 1.12 bits per heavy atom. The third kappa shape index (κ3) is 3.89. The molecule has 0 unspecified atom stereocenters. The van der Waals surface area contributed by atoms with Crippen molar-refractivity contribution in [1.29, 1.82) is 0 Å². The number of nitrogens with zero attached hydrogens (tertiary/aromatic N) is 2. The number of carboxylic acid groups (broad SMARTS) is 1. The summed E-state index contributed by atoms with van der Waals surface area (Å²) in [6.45, 7) is 3.28. The maximum atomic E-state index is 12.8. The summed E-state index contributed by atoms with van der Waals surface area (Å²) in [7, 11) is -4.06. The number of nitrogens with one attached hydrogen (secondary N) is 1. The molecule has 1 saturated carbocycles. The number of sulfonamides is 1. The van der Waals surface area contributed by atoms with Gasteiger partial charge in [0, 0.05) is 28.3 Å². The molecule has 2 aromatic heterocycles. The molecule has 0 bridgehead atoms. The van der Waals surface area contributed by atoms with Gasteiger partial charge in [-0.3, -0.25) is 4.79 Å². The first-order valence-electron chi connectivity index (χ1n) is 10.8. The van der Waals surface area contributed by atoms with Crippen molar-refractivity contribution in [2.45, 2.75) is 50.0 Å². The number of fused-ring (bicyclic) bond motifs is 3. The fraction of sp³-hybridized carbons (Fsp3) is 0.348. The van der Waals surface area contributed by atoms with Gasteiger partial charge in [0.15, 0.2) is 0 Å². The summed E-state index contributed by atoms with van der Waals surface area (Å²) in [5.41, 5.74) is 1.74. The fourth-order valence-corrected chi connectivity index (χ4v) is 5.30. The fourth-order valence-electron chi connectivity index (χ4n) is 3.94. The molecule has 1 aliphatic rings. The molecule has 2 aromatic carbocycles. The Hall–Kier alpha value is -3.24. The monoisotopic (exact) mass is 469 g/mol. The summed E-state index contributed by atoms with van der Waals surface area (Å²) in [5, 5.41) is 15.0. The quantitative estimate of drug-likeness (QED) is 0.409. The second-order valence-corrected chi connectivity index (χ2v) is 10.5. The van der Waals surface area contributed by atoms with Crippen LogP contribution >= 0.6 is 0 Å². The Morgan fingerprint density at radius 3 is 2.58 bits per heavy atom. The van der Waals surface area contributed by atoms with Crippen LogP contribution in [0.15, 0.2) is 50.2 Å². The molecular formula is C23H23N3O6S. The van der Waals surface area contributed by atoms with E-state index >= 15 is 0 Å². The molecule has 10 heteroatoms. The Bertz CT molecular complexity index is 1470. The molecule has 33 heavy (non-hydrogen) atoms. The summed E-state index contributed by atoms with van der Waals surface area (Å²) in [6.07, 6.45) is 3.31. The van der Waals surface area contributed by atoms with Gasteiger partial charge in [0.1, 0.15) is 17.2 Å². The van der Waals surface area contributed by atoms with Gasteiger partial charge < -0.3 is 14.0 Å². The van der Waals surface area contributed by atoms with E-state index in [4.69, 9.17) is 8.94 Å². The average Bonchev–Trinajstić information content (AvgIpc) is 3.34. The van der Waals surface area contributed by atoms with Crippen molar-refractivity contribution >= 4 is 37.9 Å². The summed E-state index contributed by atoms with van der Waals surface area (Å²) < 4.78 is 39.1. The van der Waals surface area contributed by atoms with Crippen LogP contribution in [-0.2, 0) is 14.8 Å². The lowest BCUT2D eigenvalue weighted by Gasteiger charge is -2.20. The number of hydrogen-bond acceptors (Lipinski definition) is 7. The van der Waals surface area contributed by atoms with Crippen LogP contribution in [0.25, 0.3) is 33.3 Å². The minimum absolute atomic E-state index is 0.0653. The molecule has 0 amide bonds. The highest BCUT2D eigenvalue weighted by molar-refractivity contribution is 7.89. The highest BCUT2D eigenvalue weighted by Crippen LogP contribution is 2.37. The van der Waals surface area contributed by atoms with Crippen LogP contribution in [0.5, 0.6) is 0 Å². The molecule has 172 valence electrons. The summed E-state index contributed by atoms with van der Waals surface area (Å²) >= 11 is 0. The van der Waals surface area contributed by atoms with E-state index in [1.807, 2.05) is 12.1 Å². The van der Waals surface area contributed by atoms with E-state index in [0.29, 0.717) is 28.8 Å². The topological polar surface area (TPSA) is 136 Å². The zero-order chi connectivity index (χ0) is 23.3. The highest BCUT2D eigenvalue weighted by atomic mass is 32.2. The summed E-state index contributed by atoms with van der Waals surface area (Å²) in [6, 6.07) is 8.77. The van der Waals surface area contributed by atoms with Crippen LogP contribution in [0.4, 0.5) is 0 Å². The average molecular weight is 470 g/mol. The predicted molar refractivity (Wildman–Crippen MR) is 120 cm³/mol. The van der Waals surface area contributed by atoms with Crippen molar-refractivity contribution in [1.82, 2.24) is 14.9 Å². The van der Waals surface area contributed by atoms with E-state index in [9.17, 15) is 18.3 Å². The molecule has 0 spiro atoms. The van der Waals surface area contributed by atoms with Crippen molar-refractivity contribution < 1.29 is 27.3 Å². The van der Waals surface area contributed by atoms with Gasteiger partial charge in [-0.25, -0.2) is 8.42 Å². The van der Waals surface area contributed by atoms with Crippen LogP contribution in [0.1, 0.15) is 44.9 Å².